The molecule has 6 heteroatoms. The second kappa shape index (κ2) is 8.26. The van der Waals surface area contributed by atoms with Crippen LogP contribution in [0.2, 0.25) is 0 Å². The topological polar surface area (TPSA) is 35.6 Å². The van der Waals surface area contributed by atoms with Crippen molar-refractivity contribution in [3.8, 4) is 0 Å². The first kappa shape index (κ1) is 16.9. The molecular formula is C18H22FN3OS. The largest absolute Gasteiger partial charge is 0.338 e. The average molecular weight is 347 g/mol. The minimum absolute atomic E-state index is 0.00659. The highest BCUT2D eigenvalue weighted by Crippen LogP contribution is 2.13. The van der Waals surface area contributed by atoms with E-state index in [1.807, 2.05) is 4.90 Å². The van der Waals surface area contributed by atoms with Gasteiger partial charge in [0.05, 0.1) is 0 Å². The quantitative estimate of drug-likeness (QED) is 0.903. The number of urea groups is 1. The van der Waals surface area contributed by atoms with E-state index in [1.54, 1.807) is 23.5 Å². The normalized spacial score (nSPS) is 15.5. The molecule has 0 bridgehead atoms. The van der Waals surface area contributed by atoms with Crippen LogP contribution in [-0.4, -0.2) is 48.6 Å². The van der Waals surface area contributed by atoms with Crippen LogP contribution in [0.5, 0.6) is 0 Å². The number of amides is 2. The van der Waals surface area contributed by atoms with Crippen LogP contribution in [0, 0.1) is 5.82 Å². The minimum Gasteiger partial charge on any atom is -0.338 e. The fourth-order valence-electron chi connectivity index (χ4n) is 2.81. The van der Waals surface area contributed by atoms with E-state index >= 15 is 0 Å². The number of thiophene rings is 1. The Morgan fingerprint density at radius 3 is 2.54 bits per heavy atom. The van der Waals surface area contributed by atoms with Gasteiger partial charge in [0.25, 0.3) is 0 Å². The van der Waals surface area contributed by atoms with Crippen LogP contribution in [-0.2, 0) is 13.0 Å². The standard InChI is InChI=1S/C18H22FN3OS/c19-16-5-3-15(4-6-16)7-8-20-18(23)22-11-9-21(10-12-22)14-17-2-1-13-24-17/h1-6,13H,7-12,14H2,(H,20,23). The summed E-state index contributed by atoms with van der Waals surface area (Å²) in [5, 5.41) is 5.05. The van der Waals surface area contributed by atoms with E-state index in [9.17, 15) is 9.18 Å². The second-order valence-electron chi connectivity index (χ2n) is 5.95. The lowest BCUT2D eigenvalue weighted by Crippen LogP contribution is -2.51. The van der Waals surface area contributed by atoms with Crippen LogP contribution in [0.3, 0.4) is 0 Å². The third-order valence-electron chi connectivity index (χ3n) is 4.22. The fourth-order valence-corrected chi connectivity index (χ4v) is 3.55. The van der Waals surface area contributed by atoms with Crippen molar-refractivity contribution in [2.75, 3.05) is 32.7 Å². The summed E-state index contributed by atoms with van der Waals surface area (Å²) in [6.45, 7) is 4.87. The smallest absolute Gasteiger partial charge is 0.317 e. The Balaban J connectivity index is 1.36. The van der Waals surface area contributed by atoms with Crippen LogP contribution in [0.15, 0.2) is 41.8 Å². The zero-order valence-electron chi connectivity index (χ0n) is 13.6. The van der Waals surface area contributed by atoms with E-state index < -0.39 is 0 Å². The number of carbonyl (C=O) groups excluding carboxylic acids is 1. The van der Waals surface area contributed by atoms with E-state index in [0.29, 0.717) is 13.0 Å². The molecule has 0 aliphatic carbocycles. The Kier molecular flexibility index (Phi) is 5.82. The van der Waals surface area contributed by atoms with Gasteiger partial charge in [-0.25, -0.2) is 9.18 Å². The van der Waals surface area contributed by atoms with Crippen LogP contribution in [0.25, 0.3) is 0 Å². The minimum atomic E-state index is -0.233. The van der Waals surface area contributed by atoms with E-state index in [-0.39, 0.29) is 11.8 Å². The molecule has 0 radical (unpaired) electrons. The molecule has 1 N–H and O–H groups in total. The third-order valence-corrected chi connectivity index (χ3v) is 5.08. The average Bonchev–Trinajstić information content (AvgIpc) is 3.10. The lowest BCUT2D eigenvalue weighted by Gasteiger charge is -2.34. The molecule has 1 aromatic heterocycles. The highest BCUT2D eigenvalue weighted by molar-refractivity contribution is 7.09. The van der Waals surface area contributed by atoms with Gasteiger partial charge in [-0.15, -0.1) is 11.3 Å². The van der Waals surface area contributed by atoms with Gasteiger partial charge in [0.15, 0.2) is 0 Å². The Morgan fingerprint density at radius 1 is 1.12 bits per heavy atom. The van der Waals surface area contributed by atoms with Gasteiger partial charge in [-0.3, -0.25) is 4.90 Å². The SMILES string of the molecule is O=C(NCCc1ccc(F)cc1)N1CCN(Cc2cccs2)CC1. The fraction of sp³-hybridized carbons (Fsp3) is 0.389. The molecule has 1 fully saturated rings. The molecular weight excluding hydrogens is 325 g/mol. The Morgan fingerprint density at radius 2 is 1.88 bits per heavy atom. The predicted octanol–water partition coefficient (Wildman–Crippen LogP) is 2.96. The van der Waals surface area contributed by atoms with Crippen molar-refractivity contribution in [3.05, 3.63) is 58.0 Å². The monoisotopic (exact) mass is 347 g/mol. The number of rotatable bonds is 5. The molecule has 2 amide bonds. The second-order valence-corrected chi connectivity index (χ2v) is 6.98. The van der Waals surface area contributed by atoms with Gasteiger partial charge < -0.3 is 10.2 Å². The summed E-state index contributed by atoms with van der Waals surface area (Å²) < 4.78 is 12.9. The molecule has 2 aromatic rings. The number of hydrogen-bond donors (Lipinski definition) is 1. The molecule has 1 aromatic carbocycles. The van der Waals surface area contributed by atoms with Crippen molar-refractivity contribution in [3.63, 3.8) is 0 Å². The van der Waals surface area contributed by atoms with Gasteiger partial charge in [0.2, 0.25) is 0 Å². The summed E-state index contributed by atoms with van der Waals surface area (Å²) in [6.07, 6.45) is 0.713. The van der Waals surface area contributed by atoms with Gasteiger partial charge >= 0.3 is 6.03 Å². The first-order chi connectivity index (χ1) is 11.7. The van der Waals surface area contributed by atoms with Gasteiger partial charge in [-0.1, -0.05) is 18.2 Å². The van der Waals surface area contributed by atoms with Crippen molar-refractivity contribution in [1.82, 2.24) is 15.1 Å². The van der Waals surface area contributed by atoms with Crippen molar-refractivity contribution < 1.29 is 9.18 Å². The first-order valence-electron chi connectivity index (χ1n) is 8.23. The molecule has 0 saturated carbocycles. The molecule has 3 rings (SSSR count). The lowest BCUT2D eigenvalue weighted by atomic mass is 10.1. The maximum Gasteiger partial charge on any atom is 0.317 e. The number of benzene rings is 1. The summed E-state index contributed by atoms with van der Waals surface area (Å²) in [5.41, 5.74) is 1.03. The Bertz CT molecular complexity index is 637. The van der Waals surface area contributed by atoms with Gasteiger partial charge in [0, 0.05) is 44.1 Å². The van der Waals surface area contributed by atoms with Gasteiger partial charge in [0.1, 0.15) is 5.82 Å². The predicted molar refractivity (Wildman–Crippen MR) is 94.7 cm³/mol. The molecule has 128 valence electrons. The van der Waals surface area contributed by atoms with Crippen LogP contribution in [0.4, 0.5) is 9.18 Å². The summed E-state index contributed by atoms with van der Waals surface area (Å²) in [5.74, 6) is -0.233. The molecule has 0 spiro atoms. The molecule has 0 atom stereocenters. The van der Waals surface area contributed by atoms with E-state index in [0.717, 1.165) is 38.3 Å². The number of halogens is 1. The number of hydrogen-bond acceptors (Lipinski definition) is 3. The summed E-state index contributed by atoms with van der Waals surface area (Å²) in [4.78, 5) is 17.8. The summed E-state index contributed by atoms with van der Waals surface area (Å²) in [6, 6.07) is 10.6. The maximum atomic E-state index is 12.9. The van der Waals surface area contributed by atoms with Gasteiger partial charge in [-0.2, -0.15) is 0 Å². The first-order valence-corrected chi connectivity index (χ1v) is 9.10. The molecule has 1 aliphatic heterocycles. The van der Waals surface area contributed by atoms with Crippen molar-refractivity contribution in [2.24, 2.45) is 0 Å². The number of nitrogens with one attached hydrogen (secondary N) is 1. The molecule has 1 saturated heterocycles. The molecule has 0 unspecified atom stereocenters. The third kappa shape index (κ3) is 4.79. The highest BCUT2D eigenvalue weighted by Gasteiger charge is 2.20. The van der Waals surface area contributed by atoms with Crippen molar-refractivity contribution in [1.29, 1.82) is 0 Å². The zero-order chi connectivity index (χ0) is 16.8. The summed E-state index contributed by atoms with van der Waals surface area (Å²) >= 11 is 1.78. The summed E-state index contributed by atoms with van der Waals surface area (Å²) in [7, 11) is 0. The Labute approximate surface area is 145 Å². The van der Waals surface area contributed by atoms with Crippen LogP contribution in [0.1, 0.15) is 10.4 Å². The van der Waals surface area contributed by atoms with E-state index in [1.165, 1.54) is 17.0 Å². The van der Waals surface area contributed by atoms with Crippen molar-refractivity contribution >= 4 is 17.4 Å². The number of nitrogens with zero attached hydrogens (tertiary/aromatic N) is 2. The van der Waals surface area contributed by atoms with Crippen LogP contribution >= 0.6 is 11.3 Å². The van der Waals surface area contributed by atoms with Crippen LogP contribution < -0.4 is 5.32 Å². The molecule has 1 aliphatic rings. The zero-order valence-corrected chi connectivity index (χ0v) is 14.4. The Hall–Kier alpha value is -1.92. The van der Waals surface area contributed by atoms with E-state index in [2.05, 4.69) is 27.7 Å². The molecule has 2 heterocycles. The molecule has 4 nitrogen and oxygen atoms in total. The molecule has 24 heavy (non-hydrogen) atoms. The maximum absolute atomic E-state index is 12.9. The number of carbonyl (C=O) groups is 1. The number of piperazine rings is 1. The van der Waals surface area contributed by atoms with E-state index in [4.69, 9.17) is 0 Å². The van der Waals surface area contributed by atoms with Crippen molar-refractivity contribution in [2.45, 2.75) is 13.0 Å². The van der Waals surface area contributed by atoms with Gasteiger partial charge in [-0.05, 0) is 35.6 Å². The highest BCUT2D eigenvalue weighted by atomic mass is 32.1. The lowest BCUT2D eigenvalue weighted by molar-refractivity contribution is 0.136.